The van der Waals surface area contributed by atoms with Crippen molar-refractivity contribution in [3.63, 3.8) is 0 Å². The molecule has 0 aliphatic carbocycles. The Balaban J connectivity index is 2.16. The fourth-order valence-electron chi connectivity index (χ4n) is 1.31. The van der Waals surface area contributed by atoms with Crippen LogP contribution in [0, 0.1) is 0 Å². The van der Waals surface area contributed by atoms with Crippen LogP contribution in [0.1, 0.15) is 10.5 Å². The first-order valence-electron chi connectivity index (χ1n) is 5.04. The van der Waals surface area contributed by atoms with Gasteiger partial charge in [-0.15, -0.1) is 0 Å². The van der Waals surface area contributed by atoms with Crippen LogP contribution in [0.5, 0.6) is 0 Å². The number of carbonyl (C=O) groups is 1. The molecule has 6 heteroatoms. The standard InChI is InChI=1S/C12H9Cl2N3O/c13-9-3-2-8(5-10(9)14)17-12(18)11-4-1-7(15)6-16-11/h1-6H,15H2,(H,17,18). The van der Waals surface area contributed by atoms with Gasteiger partial charge in [-0.2, -0.15) is 0 Å². The van der Waals surface area contributed by atoms with E-state index >= 15 is 0 Å². The third-order valence-corrected chi connectivity index (χ3v) is 2.94. The van der Waals surface area contributed by atoms with E-state index in [0.717, 1.165) is 0 Å². The molecule has 2 aromatic rings. The number of carbonyl (C=O) groups excluding carboxylic acids is 1. The van der Waals surface area contributed by atoms with Crippen molar-refractivity contribution in [2.24, 2.45) is 0 Å². The molecule has 0 bridgehead atoms. The molecule has 0 saturated heterocycles. The number of rotatable bonds is 2. The molecule has 0 aliphatic rings. The van der Waals surface area contributed by atoms with E-state index in [-0.39, 0.29) is 11.6 Å². The number of nitrogens with two attached hydrogens (primary N) is 1. The zero-order valence-corrected chi connectivity index (χ0v) is 10.7. The molecule has 4 nitrogen and oxygen atoms in total. The van der Waals surface area contributed by atoms with Gasteiger partial charge >= 0.3 is 0 Å². The highest BCUT2D eigenvalue weighted by atomic mass is 35.5. The van der Waals surface area contributed by atoms with E-state index in [4.69, 9.17) is 28.9 Å². The summed E-state index contributed by atoms with van der Waals surface area (Å²) in [7, 11) is 0. The molecule has 0 fully saturated rings. The number of hydrogen-bond acceptors (Lipinski definition) is 3. The number of pyridine rings is 1. The Morgan fingerprint density at radius 3 is 2.56 bits per heavy atom. The predicted molar refractivity (Wildman–Crippen MR) is 73.1 cm³/mol. The SMILES string of the molecule is Nc1ccc(C(=O)Nc2ccc(Cl)c(Cl)c2)nc1. The molecule has 0 unspecified atom stereocenters. The number of anilines is 2. The Bertz CT molecular complexity index is 584. The first-order chi connectivity index (χ1) is 8.56. The number of aromatic nitrogens is 1. The van der Waals surface area contributed by atoms with E-state index in [0.29, 0.717) is 21.4 Å². The summed E-state index contributed by atoms with van der Waals surface area (Å²) in [6.07, 6.45) is 1.42. The summed E-state index contributed by atoms with van der Waals surface area (Å²) in [5.41, 5.74) is 6.81. The fourth-order valence-corrected chi connectivity index (χ4v) is 1.61. The minimum atomic E-state index is -0.339. The Morgan fingerprint density at radius 2 is 1.94 bits per heavy atom. The number of nitrogens with zero attached hydrogens (tertiary/aromatic N) is 1. The van der Waals surface area contributed by atoms with Gasteiger partial charge in [0, 0.05) is 5.69 Å². The molecule has 0 spiro atoms. The topological polar surface area (TPSA) is 68.0 Å². The zero-order valence-electron chi connectivity index (χ0n) is 9.15. The second-order valence-electron chi connectivity index (χ2n) is 3.56. The van der Waals surface area contributed by atoms with Crippen LogP contribution in [0.3, 0.4) is 0 Å². The van der Waals surface area contributed by atoms with Gasteiger partial charge in [-0.25, -0.2) is 4.98 Å². The highest BCUT2D eigenvalue weighted by molar-refractivity contribution is 6.42. The van der Waals surface area contributed by atoms with Crippen molar-refractivity contribution in [1.29, 1.82) is 0 Å². The third kappa shape index (κ3) is 2.91. The second kappa shape index (κ2) is 5.25. The van der Waals surface area contributed by atoms with Crippen molar-refractivity contribution in [1.82, 2.24) is 4.98 Å². The van der Waals surface area contributed by atoms with Crippen LogP contribution in [0.25, 0.3) is 0 Å². The van der Waals surface area contributed by atoms with Gasteiger partial charge in [0.2, 0.25) is 0 Å². The summed E-state index contributed by atoms with van der Waals surface area (Å²) in [5, 5.41) is 3.47. The number of hydrogen-bond donors (Lipinski definition) is 2. The number of amides is 1. The molecule has 18 heavy (non-hydrogen) atoms. The van der Waals surface area contributed by atoms with E-state index in [2.05, 4.69) is 10.3 Å². The summed E-state index contributed by atoms with van der Waals surface area (Å²) in [5.74, 6) is -0.339. The average molecular weight is 282 g/mol. The minimum absolute atomic E-state index is 0.273. The van der Waals surface area contributed by atoms with Crippen molar-refractivity contribution in [2.45, 2.75) is 0 Å². The molecule has 0 aliphatic heterocycles. The quantitative estimate of drug-likeness (QED) is 0.888. The van der Waals surface area contributed by atoms with Crippen molar-refractivity contribution in [3.8, 4) is 0 Å². The molecule has 1 aromatic carbocycles. The zero-order chi connectivity index (χ0) is 13.1. The Labute approximate surface area is 114 Å². The fraction of sp³-hybridized carbons (Fsp3) is 0. The molecule has 0 saturated carbocycles. The number of nitrogen functional groups attached to an aromatic ring is 1. The molecule has 1 amide bonds. The molecular formula is C12H9Cl2N3O. The Hall–Kier alpha value is -1.78. The van der Waals surface area contributed by atoms with Crippen LogP contribution in [0.4, 0.5) is 11.4 Å². The lowest BCUT2D eigenvalue weighted by molar-refractivity contribution is 0.102. The highest BCUT2D eigenvalue weighted by Gasteiger charge is 2.08. The summed E-state index contributed by atoms with van der Waals surface area (Å²) < 4.78 is 0. The maximum atomic E-state index is 11.8. The smallest absolute Gasteiger partial charge is 0.274 e. The number of nitrogens with one attached hydrogen (secondary N) is 1. The predicted octanol–water partition coefficient (Wildman–Crippen LogP) is 3.22. The van der Waals surface area contributed by atoms with Crippen LogP contribution < -0.4 is 11.1 Å². The molecular weight excluding hydrogens is 273 g/mol. The van der Waals surface area contributed by atoms with Gasteiger partial charge in [-0.05, 0) is 30.3 Å². The third-order valence-electron chi connectivity index (χ3n) is 2.20. The van der Waals surface area contributed by atoms with Gasteiger partial charge in [-0.3, -0.25) is 4.79 Å². The number of halogens is 2. The van der Waals surface area contributed by atoms with Crippen molar-refractivity contribution in [3.05, 3.63) is 52.3 Å². The lowest BCUT2D eigenvalue weighted by Crippen LogP contribution is -2.13. The molecule has 2 rings (SSSR count). The Morgan fingerprint density at radius 1 is 1.17 bits per heavy atom. The maximum Gasteiger partial charge on any atom is 0.274 e. The molecule has 0 radical (unpaired) electrons. The Kier molecular flexibility index (Phi) is 3.69. The summed E-state index contributed by atoms with van der Waals surface area (Å²) in [4.78, 5) is 15.7. The van der Waals surface area contributed by atoms with Crippen molar-refractivity contribution >= 4 is 40.5 Å². The van der Waals surface area contributed by atoms with Crippen LogP contribution in [-0.4, -0.2) is 10.9 Å². The monoisotopic (exact) mass is 281 g/mol. The largest absolute Gasteiger partial charge is 0.397 e. The van der Waals surface area contributed by atoms with E-state index in [1.165, 1.54) is 6.20 Å². The molecule has 92 valence electrons. The van der Waals surface area contributed by atoms with Crippen LogP contribution in [0.2, 0.25) is 10.0 Å². The van der Waals surface area contributed by atoms with Gasteiger partial charge < -0.3 is 11.1 Å². The van der Waals surface area contributed by atoms with Crippen LogP contribution in [0.15, 0.2) is 36.5 Å². The summed E-state index contributed by atoms with van der Waals surface area (Å²) in [6.45, 7) is 0. The summed E-state index contributed by atoms with van der Waals surface area (Å²) in [6, 6.07) is 7.98. The highest BCUT2D eigenvalue weighted by Crippen LogP contribution is 2.25. The first kappa shape index (κ1) is 12.7. The number of benzene rings is 1. The minimum Gasteiger partial charge on any atom is -0.397 e. The first-order valence-corrected chi connectivity index (χ1v) is 5.80. The second-order valence-corrected chi connectivity index (χ2v) is 4.37. The molecule has 1 heterocycles. The van der Waals surface area contributed by atoms with Gasteiger partial charge in [-0.1, -0.05) is 23.2 Å². The van der Waals surface area contributed by atoms with Crippen LogP contribution >= 0.6 is 23.2 Å². The molecule has 3 N–H and O–H groups in total. The van der Waals surface area contributed by atoms with Crippen molar-refractivity contribution in [2.75, 3.05) is 11.1 Å². The lowest BCUT2D eigenvalue weighted by Gasteiger charge is -2.05. The van der Waals surface area contributed by atoms with E-state index < -0.39 is 0 Å². The summed E-state index contributed by atoms with van der Waals surface area (Å²) >= 11 is 11.6. The molecule has 0 atom stereocenters. The van der Waals surface area contributed by atoms with Gasteiger partial charge in [0.05, 0.1) is 21.9 Å². The normalized spacial score (nSPS) is 10.1. The average Bonchev–Trinajstić information content (AvgIpc) is 2.34. The lowest BCUT2D eigenvalue weighted by atomic mass is 10.3. The maximum absolute atomic E-state index is 11.8. The van der Waals surface area contributed by atoms with Crippen LogP contribution in [-0.2, 0) is 0 Å². The van der Waals surface area contributed by atoms with Gasteiger partial charge in [0.1, 0.15) is 5.69 Å². The van der Waals surface area contributed by atoms with Gasteiger partial charge in [0.15, 0.2) is 0 Å². The van der Waals surface area contributed by atoms with Gasteiger partial charge in [0.25, 0.3) is 5.91 Å². The van der Waals surface area contributed by atoms with E-state index in [1.807, 2.05) is 0 Å². The van der Waals surface area contributed by atoms with Crippen molar-refractivity contribution < 1.29 is 4.79 Å². The molecule has 1 aromatic heterocycles. The van der Waals surface area contributed by atoms with E-state index in [1.54, 1.807) is 30.3 Å². The van der Waals surface area contributed by atoms with E-state index in [9.17, 15) is 4.79 Å².